The van der Waals surface area contributed by atoms with Gasteiger partial charge in [0.1, 0.15) is 23.7 Å². The molecule has 12 nitrogen and oxygen atoms in total. The van der Waals surface area contributed by atoms with Crippen molar-refractivity contribution in [1.29, 1.82) is 5.41 Å². The molecule has 1 spiro atoms. The van der Waals surface area contributed by atoms with Gasteiger partial charge in [0.15, 0.2) is 0 Å². The number of rotatable bonds is 8. The predicted octanol–water partition coefficient (Wildman–Crippen LogP) is 2.57. The fraction of sp³-hybridized carbons (Fsp3) is 0.471. The van der Waals surface area contributed by atoms with Crippen molar-refractivity contribution in [3.8, 4) is 0 Å². The zero-order valence-electron chi connectivity index (χ0n) is 26.5. The van der Waals surface area contributed by atoms with E-state index in [9.17, 15) is 9.59 Å². The van der Waals surface area contributed by atoms with Crippen LogP contribution in [0.5, 0.6) is 0 Å². The number of amides is 2. The molecule has 12 heteroatoms. The number of carbonyl (C=O) groups is 2. The number of nitrogen functional groups attached to an aromatic ring is 1. The number of benzene rings is 1. The van der Waals surface area contributed by atoms with E-state index in [-0.39, 0.29) is 17.7 Å². The van der Waals surface area contributed by atoms with Gasteiger partial charge in [0, 0.05) is 57.9 Å². The maximum atomic E-state index is 13.8. The van der Waals surface area contributed by atoms with Gasteiger partial charge >= 0.3 is 0 Å². The van der Waals surface area contributed by atoms with E-state index < -0.39 is 5.41 Å². The Labute approximate surface area is 269 Å². The van der Waals surface area contributed by atoms with Gasteiger partial charge in [0.05, 0.1) is 23.4 Å². The fourth-order valence-electron chi connectivity index (χ4n) is 7.01. The van der Waals surface area contributed by atoms with E-state index in [0.29, 0.717) is 87.6 Å². The van der Waals surface area contributed by atoms with E-state index in [1.54, 1.807) is 24.1 Å². The van der Waals surface area contributed by atoms with Crippen molar-refractivity contribution in [2.75, 3.05) is 70.2 Å². The summed E-state index contributed by atoms with van der Waals surface area (Å²) in [7, 11) is 1.65. The minimum Gasteiger partial charge on any atom is -0.397 e. The number of nitrogens with one attached hydrogen (secondary N) is 1. The first kappa shape index (κ1) is 31.6. The summed E-state index contributed by atoms with van der Waals surface area (Å²) in [6.45, 7) is 4.61. The third kappa shape index (κ3) is 6.45. The van der Waals surface area contributed by atoms with Gasteiger partial charge < -0.3 is 26.5 Å². The smallest absolute Gasteiger partial charge is 0.237 e. The molecule has 5 heterocycles. The molecule has 0 aliphatic carbocycles. The Morgan fingerprint density at radius 1 is 1.13 bits per heavy atom. The molecule has 0 saturated carbocycles. The van der Waals surface area contributed by atoms with E-state index in [4.69, 9.17) is 26.6 Å². The second-order valence-electron chi connectivity index (χ2n) is 12.6. The number of hydrogen-bond donors (Lipinski definition) is 3. The first-order valence-corrected chi connectivity index (χ1v) is 16.1. The number of aliphatic imine (C=N–C) groups is 2. The van der Waals surface area contributed by atoms with Crippen LogP contribution in [0.25, 0.3) is 5.57 Å². The second-order valence-corrected chi connectivity index (χ2v) is 12.6. The summed E-state index contributed by atoms with van der Waals surface area (Å²) >= 11 is 0. The first-order valence-electron chi connectivity index (χ1n) is 16.1. The number of hydrogen-bond acceptors (Lipinski definition) is 8. The second kappa shape index (κ2) is 13.5. The zero-order chi connectivity index (χ0) is 32.3. The first-order chi connectivity index (χ1) is 22.3. The third-order valence-electron chi connectivity index (χ3n) is 9.80. The maximum Gasteiger partial charge on any atom is 0.237 e. The minimum atomic E-state index is -0.518. The van der Waals surface area contributed by atoms with Gasteiger partial charge in [-0.1, -0.05) is 30.3 Å². The highest BCUT2D eigenvalue weighted by molar-refractivity contribution is 6.04. The Morgan fingerprint density at radius 3 is 2.61 bits per heavy atom. The molecule has 0 bridgehead atoms. The number of carbonyl (C=O) groups excluding carboxylic acids is 2. The minimum absolute atomic E-state index is 0.0476. The topological polar surface area (TPSA) is 167 Å². The lowest BCUT2D eigenvalue weighted by Crippen LogP contribution is -2.43. The van der Waals surface area contributed by atoms with Crippen LogP contribution in [0.1, 0.15) is 48.9 Å². The van der Waals surface area contributed by atoms with Crippen molar-refractivity contribution in [1.82, 2.24) is 14.8 Å². The molecule has 46 heavy (non-hydrogen) atoms. The van der Waals surface area contributed by atoms with Crippen LogP contribution in [0.15, 0.2) is 52.5 Å². The Bertz CT molecular complexity index is 1580. The van der Waals surface area contributed by atoms with E-state index in [1.807, 2.05) is 29.2 Å². The van der Waals surface area contributed by atoms with Crippen LogP contribution in [0.2, 0.25) is 0 Å². The summed E-state index contributed by atoms with van der Waals surface area (Å²) in [6, 6.07) is 11.5. The van der Waals surface area contributed by atoms with E-state index >= 15 is 0 Å². The number of nitrogens with zero attached hydrogens (tertiary/aromatic N) is 6. The van der Waals surface area contributed by atoms with Crippen molar-refractivity contribution < 1.29 is 14.3 Å². The average molecular weight is 626 g/mol. The van der Waals surface area contributed by atoms with Crippen LogP contribution < -0.4 is 16.4 Å². The number of anilines is 2. The van der Waals surface area contributed by atoms with Gasteiger partial charge in [-0.2, -0.15) is 0 Å². The number of aromatic nitrogens is 1. The molecule has 0 unspecified atom stereocenters. The lowest BCUT2D eigenvalue weighted by atomic mass is 9.85. The fourth-order valence-corrected chi connectivity index (χ4v) is 7.01. The quantitative estimate of drug-likeness (QED) is 0.299. The molecule has 3 saturated heterocycles. The van der Waals surface area contributed by atoms with Gasteiger partial charge in [-0.3, -0.25) is 24.4 Å². The summed E-state index contributed by atoms with van der Waals surface area (Å²) in [5.74, 6) is 1.15. The van der Waals surface area contributed by atoms with Crippen molar-refractivity contribution >= 4 is 46.8 Å². The van der Waals surface area contributed by atoms with Crippen LogP contribution in [-0.2, 0) is 14.3 Å². The SMILES string of the molecule is CN=CN=C(N)c1ccc(C2=CCN(C(=O)CN3CC[C@]4(CCN(c5ccc(N)c(C(=N)C6CCOCC6)n5)C4=O)C3)CC2)cc1. The molecule has 4 aliphatic heterocycles. The molecule has 4 aliphatic rings. The number of likely N-dealkylation sites (tertiary alicyclic amines) is 1. The highest BCUT2D eigenvalue weighted by atomic mass is 16.5. The number of pyridine rings is 1. The average Bonchev–Trinajstić information content (AvgIpc) is 3.65. The molecule has 1 aromatic heterocycles. The van der Waals surface area contributed by atoms with Gasteiger partial charge in [0.25, 0.3) is 0 Å². The van der Waals surface area contributed by atoms with Crippen LogP contribution in [0.3, 0.4) is 0 Å². The highest BCUT2D eigenvalue weighted by Gasteiger charge is 2.51. The van der Waals surface area contributed by atoms with Crippen molar-refractivity contribution in [2.24, 2.45) is 27.1 Å². The highest BCUT2D eigenvalue weighted by Crippen LogP contribution is 2.42. The molecule has 2 amide bonds. The van der Waals surface area contributed by atoms with E-state index in [2.05, 4.69) is 21.0 Å². The van der Waals surface area contributed by atoms with Gasteiger partial charge in [-0.05, 0) is 61.9 Å². The maximum absolute atomic E-state index is 13.8. The zero-order valence-corrected chi connectivity index (χ0v) is 26.5. The van der Waals surface area contributed by atoms with E-state index in [0.717, 1.165) is 36.8 Å². The molecular weight excluding hydrogens is 582 g/mol. The van der Waals surface area contributed by atoms with Crippen LogP contribution in [0, 0.1) is 16.7 Å². The number of nitrogens with two attached hydrogens (primary N) is 2. The molecule has 5 N–H and O–H groups in total. The Morgan fingerprint density at radius 2 is 1.89 bits per heavy atom. The lowest BCUT2D eigenvalue weighted by molar-refractivity contribution is -0.132. The summed E-state index contributed by atoms with van der Waals surface area (Å²) in [5.41, 5.74) is 16.2. The Kier molecular flexibility index (Phi) is 9.27. The molecule has 3 fully saturated rings. The molecule has 2 aromatic rings. The largest absolute Gasteiger partial charge is 0.397 e. The molecule has 242 valence electrons. The summed E-state index contributed by atoms with van der Waals surface area (Å²) in [4.78, 5) is 45.6. The van der Waals surface area contributed by atoms with Gasteiger partial charge in [-0.25, -0.2) is 9.98 Å². The predicted molar refractivity (Wildman–Crippen MR) is 180 cm³/mol. The number of ether oxygens (including phenoxy) is 1. The van der Waals surface area contributed by atoms with Gasteiger partial charge in [-0.15, -0.1) is 0 Å². The molecule has 1 aromatic carbocycles. The number of amidine groups is 1. The lowest BCUT2D eigenvalue weighted by Gasteiger charge is -2.29. The molecule has 6 rings (SSSR count). The van der Waals surface area contributed by atoms with Crippen molar-refractivity contribution in [3.05, 3.63) is 59.3 Å². The standard InChI is InChI=1S/C34H43N9O3/c1-38-22-39-32(37)26-4-2-23(3-5-26)24-8-14-42(15-9-24)29(44)20-41-16-12-34(21-41)13-17-43(33(34)45)28-7-6-27(35)31(40-28)30(36)25-10-18-46-19-11-25/h2-8,22,25,36H,9-21,35H2,1H3,(H2,37,38,39)/t34-/m0/s1. The van der Waals surface area contributed by atoms with Crippen LogP contribution in [-0.4, -0.2) is 104 Å². The van der Waals surface area contributed by atoms with Crippen LogP contribution in [0.4, 0.5) is 11.5 Å². The Balaban J connectivity index is 1.04. The summed E-state index contributed by atoms with van der Waals surface area (Å²) < 4.78 is 5.45. The molecule has 0 radical (unpaired) electrons. The van der Waals surface area contributed by atoms with Crippen molar-refractivity contribution in [2.45, 2.75) is 32.1 Å². The monoisotopic (exact) mass is 625 g/mol. The molecule has 1 atom stereocenters. The van der Waals surface area contributed by atoms with Crippen molar-refractivity contribution in [3.63, 3.8) is 0 Å². The normalized spacial score (nSPS) is 23.1. The van der Waals surface area contributed by atoms with Gasteiger partial charge in [0.2, 0.25) is 11.8 Å². The summed E-state index contributed by atoms with van der Waals surface area (Å²) in [6.07, 6.45) is 7.31. The summed E-state index contributed by atoms with van der Waals surface area (Å²) in [5, 5.41) is 8.75. The van der Waals surface area contributed by atoms with E-state index in [1.165, 1.54) is 11.9 Å². The third-order valence-corrected chi connectivity index (χ3v) is 9.80. The Hall–Kier alpha value is -4.42. The molecular formula is C34H43N9O3. The van der Waals surface area contributed by atoms with Crippen LogP contribution >= 0.6 is 0 Å².